The van der Waals surface area contributed by atoms with Crippen molar-refractivity contribution in [2.45, 2.75) is 43.7 Å². The standard InChI is InChI=1S/C16H18F5NO4/c17-15(18)6-10(7-15)13(24)5-14(25)22-12(8-23)9-2-1-3-11(4-9)26-16(19,20)21/h1-4,10,12-13,23-24H,5-8H2,(H,22,25). The van der Waals surface area contributed by atoms with Gasteiger partial charge in [-0.25, -0.2) is 8.78 Å². The van der Waals surface area contributed by atoms with Crippen molar-refractivity contribution >= 4 is 5.91 Å². The zero-order chi connectivity index (χ0) is 19.5. The van der Waals surface area contributed by atoms with Crippen LogP contribution in [0, 0.1) is 5.92 Å². The largest absolute Gasteiger partial charge is 0.573 e. The first-order chi connectivity index (χ1) is 12.0. The third kappa shape index (κ3) is 5.80. The van der Waals surface area contributed by atoms with E-state index in [9.17, 15) is 37.0 Å². The van der Waals surface area contributed by atoms with Crippen molar-refractivity contribution in [3.05, 3.63) is 29.8 Å². The fraction of sp³-hybridized carbons (Fsp3) is 0.562. The van der Waals surface area contributed by atoms with Crippen LogP contribution in [0.2, 0.25) is 0 Å². The highest BCUT2D eigenvalue weighted by Gasteiger charge is 2.48. The van der Waals surface area contributed by atoms with Crippen molar-refractivity contribution in [1.29, 1.82) is 0 Å². The highest BCUT2D eigenvalue weighted by molar-refractivity contribution is 5.77. The maximum absolute atomic E-state index is 12.8. The Morgan fingerprint density at radius 2 is 2.00 bits per heavy atom. The molecule has 2 rings (SSSR count). The van der Waals surface area contributed by atoms with Crippen molar-refractivity contribution in [2.75, 3.05) is 6.61 Å². The third-order valence-electron chi connectivity index (χ3n) is 4.07. The first-order valence-electron chi connectivity index (χ1n) is 7.81. The molecule has 0 aliphatic heterocycles. The molecule has 2 atom stereocenters. The van der Waals surface area contributed by atoms with Crippen LogP contribution in [0.25, 0.3) is 0 Å². The number of hydrogen-bond donors (Lipinski definition) is 3. The Hall–Kier alpha value is -1.94. The van der Waals surface area contributed by atoms with E-state index in [1.807, 2.05) is 0 Å². The zero-order valence-corrected chi connectivity index (χ0v) is 13.5. The Bertz CT molecular complexity index is 629. The number of aliphatic hydroxyl groups excluding tert-OH is 2. The quantitative estimate of drug-likeness (QED) is 0.633. The van der Waals surface area contributed by atoms with Crippen LogP contribution in [0.5, 0.6) is 5.75 Å². The van der Waals surface area contributed by atoms with Gasteiger partial charge in [0.05, 0.1) is 25.2 Å². The Labute approximate surface area is 145 Å². The van der Waals surface area contributed by atoms with Gasteiger partial charge in [0.2, 0.25) is 11.8 Å². The van der Waals surface area contributed by atoms with E-state index in [1.54, 1.807) is 0 Å². The van der Waals surface area contributed by atoms with Gasteiger partial charge in [0, 0.05) is 12.8 Å². The number of amides is 1. The number of carbonyl (C=O) groups is 1. The van der Waals surface area contributed by atoms with Crippen LogP contribution in [0.15, 0.2) is 24.3 Å². The van der Waals surface area contributed by atoms with E-state index in [0.717, 1.165) is 12.1 Å². The summed E-state index contributed by atoms with van der Waals surface area (Å²) in [4.78, 5) is 11.9. The molecule has 1 saturated carbocycles. The van der Waals surface area contributed by atoms with Gasteiger partial charge in [-0.2, -0.15) is 0 Å². The van der Waals surface area contributed by atoms with Crippen LogP contribution in [0.3, 0.4) is 0 Å². The summed E-state index contributed by atoms with van der Waals surface area (Å²) in [5.74, 6) is -4.74. The molecule has 26 heavy (non-hydrogen) atoms. The van der Waals surface area contributed by atoms with E-state index < -0.39 is 67.9 Å². The number of ether oxygens (including phenoxy) is 1. The minimum absolute atomic E-state index is 0.160. The lowest BCUT2D eigenvalue weighted by atomic mass is 9.76. The second kappa shape index (κ2) is 7.75. The molecule has 1 aliphatic carbocycles. The summed E-state index contributed by atoms with van der Waals surface area (Å²) < 4.78 is 66.1. The molecule has 0 radical (unpaired) electrons. The number of benzene rings is 1. The minimum atomic E-state index is -4.88. The molecule has 1 aromatic rings. The van der Waals surface area contributed by atoms with Crippen LogP contribution in [-0.4, -0.2) is 41.1 Å². The lowest BCUT2D eigenvalue weighted by molar-refractivity contribution is -0.274. The molecule has 2 unspecified atom stereocenters. The van der Waals surface area contributed by atoms with Gasteiger partial charge in [0.1, 0.15) is 5.75 Å². The Morgan fingerprint density at radius 3 is 2.54 bits per heavy atom. The van der Waals surface area contributed by atoms with Gasteiger partial charge in [-0.05, 0) is 23.6 Å². The summed E-state index contributed by atoms with van der Waals surface area (Å²) in [5.41, 5.74) is 0.160. The van der Waals surface area contributed by atoms with Gasteiger partial charge in [-0.1, -0.05) is 12.1 Å². The van der Waals surface area contributed by atoms with Crippen molar-refractivity contribution < 1.29 is 41.7 Å². The Balaban J connectivity index is 1.94. The van der Waals surface area contributed by atoms with Gasteiger partial charge in [0.25, 0.3) is 0 Å². The molecule has 0 saturated heterocycles. The molecule has 5 nitrogen and oxygen atoms in total. The monoisotopic (exact) mass is 383 g/mol. The first-order valence-corrected chi connectivity index (χ1v) is 7.81. The van der Waals surface area contributed by atoms with Crippen LogP contribution < -0.4 is 10.1 Å². The molecule has 10 heteroatoms. The van der Waals surface area contributed by atoms with E-state index in [4.69, 9.17) is 0 Å². The molecule has 1 fully saturated rings. The predicted octanol–water partition coefficient (Wildman–Crippen LogP) is 2.53. The molecular weight excluding hydrogens is 365 g/mol. The van der Waals surface area contributed by atoms with Crippen molar-refractivity contribution in [2.24, 2.45) is 5.92 Å². The number of halogens is 5. The van der Waals surface area contributed by atoms with E-state index in [0.29, 0.717) is 0 Å². The fourth-order valence-electron chi connectivity index (χ4n) is 2.75. The average Bonchev–Trinajstić information content (AvgIpc) is 2.48. The normalized spacial score (nSPS) is 19.3. The van der Waals surface area contributed by atoms with Crippen molar-refractivity contribution in [3.63, 3.8) is 0 Å². The molecule has 0 heterocycles. The summed E-state index contributed by atoms with van der Waals surface area (Å²) in [6.07, 6.45) is -7.58. The van der Waals surface area contributed by atoms with Gasteiger partial charge >= 0.3 is 6.36 Å². The van der Waals surface area contributed by atoms with E-state index in [2.05, 4.69) is 10.1 Å². The van der Waals surface area contributed by atoms with Crippen molar-refractivity contribution in [1.82, 2.24) is 5.32 Å². The fourth-order valence-corrected chi connectivity index (χ4v) is 2.75. The predicted molar refractivity (Wildman–Crippen MR) is 79.4 cm³/mol. The summed E-state index contributed by atoms with van der Waals surface area (Å²) in [7, 11) is 0. The van der Waals surface area contributed by atoms with Crippen molar-refractivity contribution in [3.8, 4) is 5.75 Å². The van der Waals surface area contributed by atoms with Crippen LogP contribution in [-0.2, 0) is 4.79 Å². The summed E-state index contributed by atoms with van der Waals surface area (Å²) in [5, 5.41) is 21.5. The summed E-state index contributed by atoms with van der Waals surface area (Å²) in [6, 6.07) is 3.68. The number of rotatable bonds is 7. The molecule has 3 N–H and O–H groups in total. The SMILES string of the molecule is O=C(CC(O)C1CC(F)(F)C1)NC(CO)c1cccc(OC(F)(F)F)c1. The number of carbonyl (C=O) groups excluding carboxylic acids is 1. The Morgan fingerprint density at radius 1 is 1.35 bits per heavy atom. The highest BCUT2D eigenvalue weighted by atomic mass is 19.4. The average molecular weight is 383 g/mol. The third-order valence-corrected chi connectivity index (χ3v) is 4.07. The molecule has 0 spiro atoms. The highest BCUT2D eigenvalue weighted by Crippen LogP contribution is 2.44. The molecule has 146 valence electrons. The maximum Gasteiger partial charge on any atom is 0.573 e. The second-order valence-electron chi connectivity index (χ2n) is 6.22. The lowest BCUT2D eigenvalue weighted by Gasteiger charge is -2.37. The second-order valence-corrected chi connectivity index (χ2v) is 6.22. The molecule has 1 amide bonds. The molecule has 1 aromatic carbocycles. The maximum atomic E-state index is 12.8. The van der Waals surface area contributed by atoms with E-state index in [1.165, 1.54) is 12.1 Å². The molecule has 0 bridgehead atoms. The van der Waals surface area contributed by atoms with Crippen LogP contribution in [0.4, 0.5) is 22.0 Å². The van der Waals surface area contributed by atoms with Gasteiger partial charge in [-0.15, -0.1) is 13.2 Å². The molecular formula is C16H18F5NO4. The molecule has 0 aromatic heterocycles. The van der Waals surface area contributed by atoms with Gasteiger partial charge < -0.3 is 20.3 Å². The summed E-state index contributed by atoms with van der Waals surface area (Å²) in [6.45, 7) is -0.612. The number of aliphatic hydroxyl groups is 2. The van der Waals surface area contributed by atoms with Crippen LogP contribution in [0.1, 0.15) is 30.9 Å². The van der Waals surface area contributed by atoms with E-state index in [-0.39, 0.29) is 5.56 Å². The lowest BCUT2D eigenvalue weighted by Crippen LogP contribution is -2.44. The zero-order valence-electron chi connectivity index (χ0n) is 13.5. The van der Waals surface area contributed by atoms with Crippen LogP contribution >= 0.6 is 0 Å². The van der Waals surface area contributed by atoms with Gasteiger partial charge in [-0.3, -0.25) is 4.79 Å². The number of hydrogen-bond acceptors (Lipinski definition) is 4. The topological polar surface area (TPSA) is 78.8 Å². The minimum Gasteiger partial charge on any atom is -0.406 e. The number of alkyl halides is 5. The smallest absolute Gasteiger partial charge is 0.406 e. The molecule has 1 aliphatic rings. The summed E-state index contributed by atoms with van der Waals surface area (Å²) >= 11 is 0. The number of nitrogens with one attached hydrogen (secondary N) is 1. The van der Waals surface area contributed by atoms with Gasteiger partial charge in [0.15, 0.2) is 0 Å². The first kappa shape index (κ1) is 20.4. The Kier molecular flexibility index (Phi) is 6.07. The van der Waals surface area contributed by atoms with E-state index >= 15 is 0 Å².